The highest BCUT2D eigenvalue weighted by atomic mass is 35.5. The molecule has 0 spiro atoms. The highest BCUT2D eigenvalue weighted by Crippen LogP contribution is 2.33. The van der Waals surface area contributed by atoms with Crippen LogP contribution in [0.15, 0.2) is 42.6 Å². The number of aromatic nitrogens is 2. The van der Waals surface area contributed by atoms with Gasteiger partial charge in [-0.25, -0.2) is 4.68 Å². The van der Waals surface area contributed by atoms with E-state index in [9.17, 15) is 4.79 Å². The second-order valence-electron chi connectivity index (χ2n) is 9.76. The van der Waals surface area contributed by atoms with Gasteiger partial charge in [0.15, 0.2) is 0 Å². The van der Waals surface area contributed by atoms with Gasteiger partial charge in [0.2, 0.25) is 0 Å². The number of aryl methyl sites for hydroxylation is 1. The van der Waals surface area contributed by atoms with E-state index in [1.807, 2.05) is 34.7 Å². The molecule has 1 aromatic heterocycles. The van der Waals surface area contributed by atoms with Crippen molar-refractivity contribution in [1.82, 2.24) is 20.0 Å². The summed E-state index contributed by atoms with van der Waals surface area (Å²) in [6.07, 6.45) is 3.76. The molecule has 35 heavy (non-hydrogen) atoms. The Morgan fingerprint density at radius 2 is 1.63 bits per heavy atom. The zero-order valence-electron chi connectivity index (χ0n) is 20.9. The average molecular weight is 492 g/mol. The summed E-state index contributed by atoms with van der Waals surface area (Å²) in [5.41, 5.74) is 7.58. The van der Waals surface area contributed by atoms with Gasteiger partial charge in [0.25, 0.3) is 5.91 Å². The topological polar surface area (TPSA) is 53.4 Å². The molecular formula is C28H34ClN5O. The second-order valence-corrected chi connectivity index (χ2v) is 10.2. The molecule has 0 bridgehead atoms. The van der Waals surface area contributed by atoms with E-state index in [4.69, 9.17) is 16.7 Å². The number of benzene rings is 2. The summed E-state index contributed by atoms with van der Waals surface area (Å²) < 4.78 is 1.97. The van der Waals surface area contributed by atoms with Crippen LogP contribution < -0.4 is 10.2 Å². The Morgan fingerprint density at radius 3 is 2.37 bits per heavy atom. The molecule has 2 aliphatic heterocycles. The maximum absolute atomic E-state index is 13.8. The van der Waals surface area contributed by atoms with Crippen LogP contribution in [0, 0.1) is 20.8 Å². The smallest absolute Gasteiger partial charge is 0.257 e. The van der Waals surface area contributed by atoms with Crippen LogP contribution in [0.1, 0.15) is 51.5 Å². The Morgan fingerprint density at radius 1 is 0.943 bits per heavy atom. The minimum atomic E-state index is 0.0880. The number of halogens is 1. The van der Waals surface area contributed by atoms with Crippen molar-refractivity contribution in [3.8, 4) is 5.69 Å². The van der Waals surface area contributed by atoms with E-state index < -0.39 is 0 Å². The van der Waals surface area contributed by atoms with Crippen molar-refractivity contribution in [3.63, 3.8) is 0 Å². The number of nitrogens with one attached hydrogen (secondary N) is 1. The van der Waals surface area contributed by atoms with Crippen molar-refractivity contribution in [1.29, 1.82) is 0 Å². The first-order valence-electron chi connectivity index (χ1n) is 12.6. The van der Waals surface area contributed by atoms with Crippen LogP contribution in [0.3, 0.4) is 0 Å². The number of carbonyl (C=O) groups excluding carboxylic acids is 1. The molecule has 3 heterocycles. The van der Waals surface area contributed by atoms with Crippen LogP contribution >= 0.6 is 11.6 Å². The second kappa shape index (κ2) is 10.0. The van der Waals surface area contributed by atoms with Gasteiger partial charge >= 0.3 is 0 Å². The SMILES string of the molecule is Cc1cccc(N2CCN(C(=O)c3cnn(-c4cccc(Cl)c4C)c3C3CCNCC3)CC2)c1C. The number of anilines is 1. The van der Waals surface area contributed by atoms with E-state index in [0.717, 1.165) is 61.5 Å². The lowest BCUT2D eigenvalue weighted by Crippen LogP contribution is -2.49. The minimum Gasteiger partial charge on any atom is -0.368 e. The monoisotopic (exact) mass is 491 g/mol. The molecule has 1 N–H and O–H groups in total. The molecule has 184 valence electrons. The van der Waals surface area contributed by atoms with Gasteiger partial charge in [-0.1, -0.05) is 29.8 Å². The molecule has 2 aromatic carbocycles. The van der Waals surface area contributed by atoms with Crippen molar-refractivity contribution in [3.05, 3.63) is 75.6 Å². The van der Waals surface area contributed by atoms with E-state index in [1.54, 1.807) is 6.20 Å². The first kappa shape index (κ1) is 23.9. The van der Waals surface area contributed by atoms with E-state index in [0.29, 0.717) is 18.1 Å². The van der Waals surface area contributed by atoms with Crippen molar-refractivity contribution in [2.45, 2.75) is 39.5 Å². The third kappa shape index (κ3) is 4.57. The van der Waals surface area contributed by atoms with Crippen molar-refractivity contribution >= 4 is 23.2 Å². The lowest BCUT2D eigenvalue weighted by molar-refractivity contribution is 0.0744. The maximum atomic E-state index is 13.8. The lowest BCUT2D eigenvalue weighted by Gasteiger charge is -2.37. The molecule has 3 aromatic rings. The maximum Gasteiger partial charge on any atom is 0.257 e. The van der Waals surface area contributed by atoms with Gasteiger partial charge in [-0.15, -0.1) is 0 Å². The van der Waals surface area contributed by atoms with Crippen molar-refractivity contribution in [2.75, 3.05) is 44.2 Å². The Kier molecular flexibility index (Phi) is 6.85. The Labute approximate surface area is 212 Å². The molecule has 0 atom stereocenters. The van der Waals surface area contributed by atoms with E-state index >= 15 is 0 Å². The van der Waals surface area contributed by atoms with Crippen molar-refractivity contribution < 1.29 is 4.79 Å². The highest BCUT2D eigenvalue weighted by Gasteiger charge is 2.31. The predicted octanol–water partition coefficient (Wildman–Crippen LogP) is 4.88. The molecule has 2 aliphatic rings. The van der Waals surface area contributed by atoms with Crippen LogP contribution in [0.5, 0.6) is 0 Å². The molecule has 0 unspecified atom stereocenters. The van der Waals surface area contributed by atoms with Crippen LogP contribution in [0.4, 0.5) is 5.69 Å². The van der Waals surface area contributed by atoms with Gasteiger partial charge in [-0.05, 0) is 81.6 Å². The fourth-order valence-electron chi connectivity index (χ4n) is 5.43. The largest absolute Gasteiger partial charge is 0.368 e. The van der Waals surface area contributed by atoms with Gasteiger partial charge in [-0.3, -0.25) is 4.79 Å². The van der Waals surface area contributed by atoms with Crippen LogP contribution in [-0.4, -0.2) is 59.9 Å². The molecular weight excluding hydrogens is 458 g/mol. The number of piperazine rings is 1. The molecule has 5 rings (SSSR count). The molecule has 2 fully saturated rings. The predicted molar refractivity (Wildman–Crippen MR) is 142 cm³/mol. The molecule has 0 radical (unpaired) electrons. The summed E-state index contributed by atoms with van der Waals surface area (Å²) >= 11 is 6.45. The van der Waals surface area contributed by atoms with Gasteiger partial charge < -0.3 is 15.1 Å². The van der Waals surface area contributed by atoms with Gasteiger partial charge in [0, 0.05) is 42.8 Å². The van der Waals surface area contributed by atoms with Gasteiger partial charge in [-0.2, -0.15) is 5.10 Å². The Hall–Kier alpha value is -2.83. The molecule has 6 nitrogen and oxygen atoms in total. The fourth-order valence-corrected chi connectivity index (χ4v) is 5.60. The van der Waals surface area contributed by atoms with Crippen LogP contribution in [-0.2, 0) is 0 Å². The fraction of sp³-hybridized carbons (Fsp3) is 0.429. The summed E-state index contributed by atoms with van der Waals surface area (Å²) in [7, 11) is 0. The lowest BCUT2D eigenvalue weighted by atomic mass is 9.91. The van der Waals surface area contributed by atoms with E-state index in [-0.39, 0.29) is 11.8 Å². The van der Waals surface area contributed by atoms with E-state index in [1.165, 1.54) is 16.8 Å². The van der Waals surface area contributed by atoms with E-state index in [2.05, 4.69) is 42.3 Å². The minimum absolute atomic E-state index is 0.0880. The molecule has 1 amide bonds. The summed E-state index contributed by atoms with van der Waals surface area (Å²) in [4.78, 5) is 18.2. The standard InChI is InChI=1S/C28H34ClN5O/c1-19-6-4-8-25(20(19)2)32-14-16-33(17-15-32)28(35)23-18-31-34(26-9-5-7-24(29)21(26)3)27(23)22-10-12-30-13-11-22/h4-9,18,22,30H,10-17H2,1-3H3. The summed E-state index contributed by atoms with van der Waals surface area (Å²) in [6, 6.07) is 12.3. The number of rotatable bonds is 4. The summed E-state index contributed by atoms with van der Waals surface area (Å²) in [6.45, 7) is 11.3. The number of carbonyl (C=O) groups is 1. The molecule has 0 aliphatic carbocycles. The van der Waals surface area contributed by atoms with Gasteiger partial charge in [0.1, 0.15) is 0 Å². The number of hydrogen-bond acceptors (Lipinski definition) is 4. The quantitative estimate of drug-likeness (QED) is 0.565. The average Bonchev–Trinajstić information content (AvgIpc) is 3.32. The van der Waals surface area contributed by atoms with Crippen molar-refractivity contribution in [2.24, 2.45) is 0 Å². The molecule has 2 saturated heterocycles. The number of amides is 1. The third-order valence-electron chi connectivity index (χ3n) is 7.71. The number of piperidine rings is 1. The molecule has 0 saturated carbocycles. The summed E-state index contributed by atoms with van der Waals surface area (Å²) in [5, 5.41) is 8.90. The number of nitrogens with zero attached hydrogens (tertiary/aromatic N) is 4. The Balaban J connectivity index is 1.42. The highest BCUT2D eigenvalue weighted by molar-refractivity contribution is 6.31. The zero-order chi connectivity index (χ0) is 24.5. The third-order valence-corrected chi connectivity index (χ3v) is 8.12. The molecule has 7 heteroatoms. The first-order chi connectivity index (χ1) is 17.0. The normalized spacial score (nSPS) is 17.1. The number of hydrogen-bond donors (Lipinski definition) is 1. The first-order valence-corrected chi connectivity index (χ1v) is 13.0. The van der Waals surface area contributed by atoms with Gasteiger partial charge in [0.05, 0.1) is 23.1 Å². The van der Waals surface area contributed by atoms with Crippen LogP contribution in [0.2, 0.25) is 5.02 Å². The zero-order valence-corrected chi connectivity index (χ0v) is 21.6. The van der Waals surface area contributed by atoms with Crippen LogP contribution in [0.25, 0.3) is 5.69 Å². The Bertz CT molecular complexity index is 1220. The summed E-state index contributed by atoms with van der Waals surface area (Å²) in [5.74, 6) is 0.373.